The predicted molar refractivity (Wildman–Crippen MR) is 87.0 cm³/mol. The fraction of sp³-hybridized carbons (Fsp3) is 0.143. The summed E-state index contributed by atoms with van der Waals surface area (Å²) >= 11 is 6.49. The largest absolute Gasteiger partial charge is 0.242 e. The van der Waals surface area contributed by atoms with Crippen molar-refractivity contribution < 1.29 is 12.8 Å². The minimum absolute atomic E-state index is 0.144. The van der Waals surface area contributed by atoms with Crippen LogP contribution in [0.15, 0.2) is 56.3 Å². The molecule has 0 aliphatic carbocycles. The molecule has 0 fully saturated rings. The second-order valence-electron chi connectivity index (χ2n) is 4.47. The van der Waals surface area contributed by atoms with Gasteiger partial charge in [0.15, 0.2) is 0 Å². The number of hydrogen-bond donors (Lipinski definition) is 1. The predicted octanol–water partition coefficient (Wildman–Crippen LogP) is 4.39. The van der Waals surface area contributed by atoms with E-state index < -0.39 is 16.1 Å². The molecule has 1 unspecified atom stereocenters. The quantitative estimate of drug-likeness (QED) is 0.772. The smallest absolute Gasteiger partial charge is 0.207 e. The number of rotatable bonds is 4. The molecule has 1 atom stereocenters. The van der Waals surface area contributed by atoms with Crippen LogP contribution < -0.4 is 4.72 Å². The maximum absolute atomic E-state index is 12.9. The molecule has 0 amide bonds. The van der Waals surface area contributed by atoms with Gasteiger partial charge in [-0.15, -0.1) is 0 Å². The maximum atomic E-state index is 12.9. The Bertz CT molecular complexity index is 748. The lowest BCUT2D eigenvalue weighted by Crippen LogP contribution is -2.27. The molecule has 21 heavy (non-hydrogen) atoms. The highest BCUT2D eigenvalue weighted by atomic mass is 79.9. The van der Waals surface area contributed by atoms with Gasteiger partial charge < -0.3 is 0 Å². The Labute approximate surface area is 139 Å². The SMILES string of the molecule is CC(NS(=O)(=O)c1cc(Br)ccc1Br)c1ccc(F)cc1. The van der Waals surface area contributed by atoms with Crippen LogP contribution in [0.1, 0.15) is 18.5 Å². The van der Waals surface area contributed by atoms with Crippen molar-refractivity contribution in [1.29, 1.82) is 0 Å². The van der Waals surface area contributed by atoms with Crippen LogP contribution in [-0.2, 0) is 10.0 Å². The van der Waals surface area contributed by atoms with Gasteiger partial charge >= 0.3 is 0 Å². The third-order valence-electron chi connectivity index (χ3n) is 2.88. The van der Waals surface area contributed by atoms with Crippen molar-refractivity contribution in [2.24, 2.45) is 0 Å². The van der Waals surface area contributed by atoms with Crippen LogP contribution in [0.5, 0.6) is 0 Å². The van der Waals surface area contributed by atoms with Gasteiger partial charge in [0.25, 0.3) is 0 Å². The maximum Gasteiger partial charge on any atom is 0.242 e. The molecule has 7 heteroatoms. The zero-order chi connectivity index (χ0) is 15.6. The van der Waals surface area contributed by atoms with E-state index in [1.807, 2.05) is 0 Å². The topological polar surface area (TPSA) is 46.2 Å². The Balaban J connectivity index is 2.28. The highest BCUT2D eigenvalue weighted by molar-refractivity contribution is 9.11. The normalized spacial score (nSPS) is 13.1. The average molecular weight is 437 g/mol. The summed E-state index contributed by atoms with van der Waals surface area (Å²) < 4.78 is 41.5. The Morgan fingerprint density at radius 1 is 1.10 bits per heavy atom. The van der Waals surface area contributed by atoms with Gasteiger partial charge in [-0.1, -0.05) is 28.1 Å². The molecule has 0 aliphatic heterocycles. The van der Waals surface area contributed by atoms with Crippen LogP contribution in [0.4, 0.5) is 4.39 Å². The van der Waals surface area contributed by atoms with Gasteiger partial charge in [-0.05, 0) is 58.7 Å². The molecular weight excluding hydrogens is 425 g/mol. The van der Waals surface area contributed by atoms with Gasteiger partial charge in [-0.25, -0.2) is 17.5 Å². The lowest BCUT2D eigenvalue weighted by molar-refractivity contribution is 0.566. The third-order valence-corrected chi connectivity index (χ3v) is 5.91. The number of benzene rings is 2. The van der Waals surface area contributed by atoms with E-state index in [1.54, 1.807) is 31.2 Å². The van der Waals surface area contributed by atoms with Crippen LogP contribution in [-0.4, -0.2) is 8.42 Å². The van der Waals surface area contributed by atoms with E-state index in [9.17, 15) is 12.8 Å². The van der Waals surface area contributed by atoms with Gasteiger partial charge in [-0.2, -0.15) is 0 Å². The average Bonchev–Trinajstić information content (AvgIpc) is 2.41. The highest BCUT2D eigenvalue weighted by Crippen LogP contribution is 2.27. The lowest BCUT2D eigenvalue weighted by Gasteiger charge is -2.15. The Morgan fingerprint density at radius 2 is 1.71 bits per heavy atom. The van der Waals surface area contributed by atoms with E-state index in [0.29, 0.717) is 14.5 Å². The van der Waals surface area contributed by atoms with Crippen molar-refractivity contribution in [1.82, 2.24) is 4.72 Å². The molecule has 3 nitrogen and oxygen atoms in total. The molecule has 112 valence electrons. The van der Waals surface area contributed by atoms with Gasteiger partial charge in [0.05, 0.1) is 4.90 Å². The van der Waals surface area contributed by atoms with E-state index in [2.05, 4.69) is 36.6 Å². The first kappa shape index (κ1) is 16.6. The molecule has 0 saturated carbocycles. The first-order valence-electron chi connectivity index (χ1n) is 6.02. The zero-order valence-electron chi connectivity index (χ0n) is 11.0. The summed E-state index contributed by atoms with van der Waals surface area (Å²) in [6.07, 6.45) is 0. The summed E-state index contributed by atoms with van der Waals surface area (Å²) in [5, 5.41) is 0. The molecule has 1 N–H and O–H groups in total. The molecule has 2 aromatic rings. The first-order chi connectivity index (χ1) is 9.79. The number of sulfonamides is 1. The number of halogens is 3. The van der Waals surface area contributed by atoms with Crippen molar-refractivity contribution in [3.63, 3.8) is 0 Å². The van der Waals surface area contributed by atoms with E-state index >= 15 is 0 Å². The van der Waals surface area contributed by atoms with Crippen LogP contribution >= 0.6 is 31.9 Å². The van der Waals surface area contributed by atoms with Crippen molar-refractivity contribution in [3.05, 3.63) is 62.8 Å². The van der Waals surface area contributed by atoms with E-state index in [1.165, 1.54) is 18.2 Å². The van der Waals surface area contributed by atoms with Crippen LogP contribution in [0, 0.1) is 5.82 Å². The third kappa shape index (κ3) is 4.12. The minimum atomic E-state index is -3.69. The fourth-order valence-electron chi connectivity index (χ4n) is 1.80. The molecule has 0 aliphatic rings. The van der Waals surface area contributed by atoms with Crippen LogP contribution in [0.2, 0.25) is 0 Å². The van der Waals surface area contributed by atoms with Crippen LogP contribution in [0.25, 0.3) is 0 Å². The highest BCUT2D eigenvalue weighted by Gasteiger charge is 2.21. The second kappa shape index (κ2) is 6.56. The zero-order valence-corrected chi connectivity index (χ0v) is 15.0. The molecular formula is C14H12Br2FNO2S. The summed E-state index contributed by atoms with van der Waals surface area (Å²) in [6, 6.07) is 10.2. The van der Waals surface area contributed by atoms with Crippen molar-refractivity contribution in [2.45, 2.75) is 17.9 Å². The molecule has 0 heterocycles. The molecule has 2 aromatic carbocycles. The molecule has 0 spiro atoms. The number of nitrogens with one attached hydrogen (secondary N) is 1. The first-order valence-corrected chi connectivity index (χ1v) is 9.09. The molecule has 0 saturated heterocycles. The van der Waals surface area contributed by atoms with Gasteiger partial charge in [0, 0.05) is 15.0 Å². The van der Waals surface area contributed by atoms with E-state index in [-0.39, 0.29) is 10.7 Å². The van der Waals surface area contributed by atoms with Gasteiger partial charge in [0.2, 0.25) is 10.0 Å². The molecule has 0 radical (unpaired) electrons. The molecule has 2 rings (SSSR count). The monoisotopic (exact) mass is 435 g/mol. The summed E-state index contributed by atoms with van der Waals surface area (Å²) in [6.45, 7) is 1.71. The van der Waals surface area contributed by atoms with E-state index in [4.69, 9.17) is 0 Å². The Hall–Kier alpha value is -0.760. The standard InChI is InChI=1S/C14H12Br2FNO2S/c1-9(10-2-5-12(17)6-3-10)18-21(19,20)14-8-11(15)4-7-13(14)16/h2-9,18H,1H3. The molecule has 0 aromatic heterocycles. The van der Waals surface area contributed by atoms with Crippen molar-refractivity contribution >= 4 is 41.9 Å². The van der Waals surface area contributed by atoms with Crippen molar-refractivity contribution in [2.75, 3.05) is 0 Å². The summed E-state index contributed by atoms with van der Waals surface area (Å²) in [7, 11) is -3.69. The summed E-state index contributed by atoms with van der Waals surface area (Å²) in [5.74, 6) is -0.358. The lowest BCUT2D eigenvalue weighted by atomic mass is 10.1. The summed E-state index contributed by atoms with van der Waals surface area (Å²) in [5.41, 5.74) is 0.686. The fourth-order valence-corrected chi connectivity index (χ4v) is 4.53. The second-order valence-corrected chi connectivity index (χ2v) is 7.92. The van der Waals surface area contributed by atoms with E-state index in [0.717, 1.165) is 0 Å². The summed E-state index contributed by atoms with van der Waals surface area (Å²) in [4.78, 5) is 0.144. The van der Waals surface area contributed by atoms with Crippen molar-refractivity contribution in [3.8, 4) is 0 Å². The molecule has 0 bridgehead atoms. The Morgan fingerprint density at radius 3 is 2.33 bits per heavy atom. The van der Waals surface area contributed by atoms with Crippen LogP contribution in [0.3, 0.4) is 0 Å². The number of hydrogen-bond acceptors (Lipinski definition) is 2. The minimum Gasteiger partial charge on any atom is -0.207 e. The van der Waals surface area contributed by atoms with Gasteiger partial charge in [0.1, 0.15) is 5.82 Å². The Kier molecular flexibility index (Phi) is 5.19. The van der Waals surface area contributed by atoms with Gasteiger partial charge in [-0.3, -0.25) is 0 Å².